The van der Waals surface area contributed by atoms with Gasteiger partial charge in [0.1, 0.15) is 11.3 Å². The molecule has 1 aliphatic heterocycles. The lowest BCUT2D eigenvalue weighted by atomic mass is 10.1. The molecule has 1 fully saturated rings. The first kappa shape index (κ1) is 17.0. The van der Waals surface area contributed by atoms with Crippen LogP contribution in [0.1, 0.15) is 19.3 Å². The number of halogens is 2. The molecule has 0 atom stereocenters. The van der Waals surface area contributed by atoms with Crippen LogP contribution in [0.4, 0.5) is 14.5 Å². The zero-order valence-corrected chi connectivity index (χ0v) is 13.8. The van der Waals surface area contributed by atoms with Crippen molar-refractivity contribution >= 4 is 16.6 Å². The fourth-order valence-electron chi connectivity index (χ4n) is 3.16. The second-order valence-electron chi connectivity index (χ2n) is 6.02. The van der Waals surface area contributed by atoms with E-state index in [1.165, 1.54) is 6.07 Å². The largest absolute Gasteiger partial charge is 0.385 e. The van der Waals surface area contributed by atoms with Crippen molar-refractivity contribution in [2.75, 3.05) is 38.3 Å². The van der Waals surface area contributed by atoms with Crippen LogP contribution in [-0.4, -0.2) is 44.5 Å². The Morgan fingerprint density at radius 1 is 1.21 bits per heavy atom. The standard InChI is InChI=1S/C18H22F2N2O2/c1-23-9-2-10-24-14-4-7-22(8-5-14)17-3-6-21-18-15(17)11-13(19)12-16(18)20/h3,6,11-12,14H,2,4-5,7-10H2,1H3. The van der Waals surface area contributed by atoms with Crippen molar-refractivity contribution in [1.29, 1.82) is 0 Å². The van der Waals surface area contributed by atoms with Crippen molar-refractivity contribution in [3.63, 3.8) is 0 Å². The Labute approximate surface area is 140 Å². The lowest BCUT2D eigenvalue weighted by molar-refractivity contribution is 0.0258. The van der Waals surface area contributed by atoms with Gasteiger partial charge in [0.25, 0.3) is 0 Å². The summed E-state index contributed by atoms with van der Waals surface area (Å²) < 4.78 is 38.4. The van der Waals surface area contributed by atoms with Crippen molar-refractivity contribution < 1.29 is 18.3 Å². The Hall–Kier alpha value is -1.79. The van der Waals surface area contributed by atoms with Gasteiger partial charge in [-0.3, -0.25) is 4.98 Å². The molecule has 2 aromatic rings. The lowest BCUT2D eigenvalue weighted by Crippen LogP contribution is -2.37. The molecule has 0 spiro atoms. The van der Waals surface area contributed by atoms with Crippen molar-refractivity contribution in [3.05, 3.63) is 36.0 Å². The van der Waals surface area contributed by atoms with Gasteiger partial charge < -0.3 is 14.4 Å². The van der Waals surface area contributed by atoms with Gasteiger partial charge in [-0.15, -0.1) is 0 Å². The number of piperidine rings is 1. The summed E-state index contributed by atoms with van der Waals surface area (Å²) in [7, 11) is 1.68. The van der Waals surface area contributed by atoms with Crippen molar-refractivity contribution in [2.24, 2.45) is 0 Å². The molecule has 3 rings (SSSR count). The monoisotopic (exact) mass is 336 g/mol. The number of hydrogen-bond donors (Lipinski definition) is 0. The molecule has 4 nitrogen and oxygen atoms in total. The molecule has 1 saturated heterocycles. The highest BCUT2D eigenvalue weighted by Crippen LogP contribution is 2.30. The molecule has 2 heterocycles. The normalized spacial score (nSPS) is 16.0. The molecule has 0 aliphatic carbocycles. The summed E-state index contributed by atoms with van der Waals surface area (Å²) in [6.45, 7) is 3.00. The van der Waals surface area contributed by atoms with E-state index < -0.39 is 11.6 Å². The molecular formula is C18H22F2N2O2. The Balaban J connectivity index is 1.67. The van der Waals surface area contributed by atoms with Crippen LogP contribution < -0.4 is 4.90 Å². The van der Waals surface area contributed by atoms with Crippen molar-refractivity contribution in [1.82, 2.24) is 4.98 Å². The first-order valence-electron chi connectivity index (χ1n) is 8.28. The van der Waals surface area contributed by atoms with Gasteiger partial charge in [-0.05, 0) is 31.4 Å². The van der Waals surface area contributed by atoms with Gasteiger partial charge in [0.2, 0.25) is 0 Å². The lowest BCUT2D eigenvalue weighted by Gasteiger charge is -2.34. The van der Waals surface area contributed by atoms with Crippen molar-refractivity contribution in [2.45, 2.75) is 25.4 Å². The Kier molecular flexibility index (Phi) is 5.58. The molecule has 1 aromatic carbocycles. The predicted molar refractivity (Wildman–Crippen MR) is 89.3 cm³/mol. The summed E-state index contributed by atoms with van der Waals surface area (Å²) >= 11 is 0. The van der Waals surface area contributed by atoms with E-state index in [1.807, 2.05) is 6.07 Å². The summed E-state index contributed by atoms with van der Waals surface area (Å²) in [5.41, 5.74) is 1.04. The second kappa shape index (κ2) is 7.85. The minimum absolute atomic E-state index is 0.215. The molecule has 0 amide bonds. The number of aromatic nitrogens is 1. The van der Waals surface area contributed by atoms with Crippen LogP contribution in [0.2, 0.25) is 0 Å². The van der Waals surface area contributed by atoms with Crippen LogP contribution in [-0.2, 0) is 9.47 Å². The van der Waals surface area contributed by atoms with Crippen LogP contribution in [0.25, 0.3) is 10.9 Å². The molecule has 0 unspecified atom stereocenters. The molecule has 1 aliphatic rings. The molecule has 0 bridgehead atoms. The number of rotatable bonds is 6. The topological polar surface area (TPSA) is 34.6 Å². The maximum absolute atomic E-state index is 13.9. The van der Waals surface area contributed by atoms with Crippen LogP contribution in [0, 0.1) is 11.6 Å². The van der Waals surface area contributed by atoms with E-state index in [4.69, 9.17) is 9.47 Å². The summed E-state index contributed by atoms with van der Waals surface area (Å²) in [5.74, 6) is -1.20. The van der Waals surface area contributed by atoms with Gasteiger partial charge >= 0.3 is 0 Å². The quantitative estimate of drug-likeness (QED) is 0.756. The number of pyridine rings is 1. The molecule has 6 heteroatoms. The van der Waals surface area contributed by atoms with Crippen molar-refractivity contribution in [3.8, 4) is 0 Å². The third-order valence-electron chi connectivity index (χ3n) is 4.37. The third-order valence-corrected chi connectivity index (χ3v) is 4.37. The molecular weight excluding hydrogens is 314 g/mol. The number of nitrogens with zero attached hydrogens (tertiary/aromatic N) is 2. The number of methoxy groups -OCH3 is 1. The van der Waals surface area contributed by atoms with Gasteiger partial charge in [-0.2, -0.15) is 0 Å². The smallest absolute Gasteiger partial charge is 0.152 e. The van der Waals surface area contributed by atoms with Gasteiger partial charge in [-0.1, -0.05) is 0 Å². The molecule has 0 saturated carbocycles. The highest BCUT2D eigenvalue weighted by atomic mass is 19.1. The van der Waals surface area contributed by atoms with Gasteiger partial charge in [0, 0.05) is 56.7 Å². The Morgan fingerprint density at radius 2 is 2.00 bits per heavy atom. The Morgan fingerprint density at radius 3 is 2.75 bits per heavy atom. The Bertz CT molecular complexity index is 688. The van der Waals surface area contributed by atoms with E-state index in [-0.39, 0.29) is 11.6 Å². The van der Waals surface area contributed by atoms with Gasteiger partial charge in [0.15, 0.2) is 5.82 Å². The van der Waals surface area contributed by atoms with Crippen LogP contribution in [0.3, 0.4) is 0 Å². The van der Waals surface area contributed by atoms with Gasteiger partial charge in [0.05, 0.1) is 6.10 Å². The molecule has 130 valence electrons. The number of hydrogen-bond acceptors (Lipinski definition) is 4. The highest BCUT2D eigenvalue weighted by Gasteiger charge is 2.22. The van der Waals surface area contributed by atoms with E-state index in [1.54, 1.807) is 13.3 Å². The molecule has 1 aromatic heterocycles. The van der Waals surface area contributed by atoms with Crippen LogP contribution >= 0.6 is 0 Å². The highest BCUT2D eigenvalue weighted by molar-refractivity contribution is 5.92. The summed E-state index contributed by atoms with van der Waals surface area (Å²) in [6, 6.07) is 4.05. The number of fused-ring (bicyclic) bond motifs is 1. The predicted octanol–water partition coefficient (Wildman–Crippen LogP) is 3.53. The number of anilines is 1. The van der Waals surface area contributed by atoms with Crippen LogP contribution in [0.15, 0.2) is 24.4 Å². The van der Waals surface area contributed by atoms with E-state index >= 15 is 0 Å². The zero-order chi connectivity index (χ0) is 16.9. The fraction of sp³-hybridized carbons (Fsp3) is 0.500. The first-order valence-corrected chi connectivity index (χ1v) is 8.28. The van der Waals surface area contributed by atoms with Gasteiger partial charge in [-0.25, -0.2) is 8.78 Å². The van der Waals surface area contributed by atoms with E-state index in [0.717, 1.165) is 44.1 Å². The number of ether oxygens (including phenoxy) is 2. The average molecular weight is 336 g/mol. The first-order chi connectivity index (χ1) is 11.7. The summed E-state index contributed by atoms with van der Waals surface area (Å²) in [4.78, 5) is 6.20. The van der Waals surface area contributed by atoms with Crippen LogP contribution in [0.5, 0.6) is 0 Å². The fourth-order valence-corrected chi connectivity index (χ4v) is 3.16. The minimum atomic E-state index is -0.622. The van der Waals surface area contributed by atoms with E-state index in [0.29, 0.717) is 18.6 Å². The maximum atomic E-state index is 13.9. The SMILES string of the molecule is COCCCOC1CCN(c2ccnc3c(F)cc(F)cc23)CC1. The molecule has 0 N–H and O–H groups in total. The zero-order valence-electron chi connectivity index (χ0n) is 13.8. The molecule has 0 radical (unpaired) electrons. The average Bonchev–Trinajstić information content (AvgIpc) is 2.59. The molecule has 24 heavy (non-hydrogen) atoms. The second-order valence-corrected chi connectivity index (χ2v) is 6.02. The third kappa shape index (κ3) is 3.82. The summed E-state index contributed by atoms with van der Waals surface area (Å²) in [6.07, 6.45) is 4.50. The minimum Gasteiger partial charge on any atom is -0.385 e. The maximum Gasteiger partial charge on any atom is 0.152 e. The van der Waals surface area contributed by atoms with E-state index in [9.17, 15) is 8.78 Å². The van der Waals surface area contributed by atoms with E-state index in [2.05, 4.69) is 9.88 Å². The number of benzene rings is 1. The summed E-state index contributed by atoms with van der Waals surface area (Å²) in [5, 5.41) is 0.523.